The number of hydrogen-bond acceptors (Lipinski definition) is 4. The van der Waals surface area contributed by atoms with Crippen LogP contribution >= 0.6 is 11.6 Å². The van der Waals surface area contributed by atoms with E-state index in [-0.39, 0.29) is 11.0 Å². The molecule has 1 fully saturated rings. The predicted octanol–water partition coefficient (Wildman–Crippen LogP) is 1.31. The molecule has 1 aromatic heterocycles. The minimum atomic E-state index is 0.117. The van der Waals surface area contributed by atoms with Crippen LogP contribution in [0.2, 0.25) is 0 Å². The third-order valence-electron chi connectivity index (χ3n) is 3.19. The molecule has 0 unspecified atom stereocenters. The number of allylic oxidation sites excluding steroid dienone is 2. The summed E-state index contributed by atoms with van der Waals surface area (Å²) in [5, 5.41) is 4.34. The topological polar surface area (TPSA) is 95.9 Å². The molecular weight excluding hydrogens is 274 g/mol. The van der Waals surface area contributed by atoms with E-state index in [9.17, 15) is 0 Å². The third-order valence-corrected chi connectivity index (χ3v) is 3.30. The molecule has 0 atom stereocenters. The van der Waals surface area contributed by atoms with Gasteiger partial charge < -0.3 is 17.2 Å². The Morgan fingerprint density at radius 2 is 2.20 bits per heavy atom. The van der Waals surface area contributed by atoms with E-state index in [1.165, 1.54) is 25.3 Å². The molecule has 0 spiro atoms. The van der Waals surface area contributed by atoms with Gasteiger partial charge in [0.2, 0.25) is 0 Å². The Hall–Kier alpha value is -2.06. The highest BCUT2D eigenvalue weighted by molar-refractivity contribution is 6.29. The summed E-state index contributed by atoms with van der Waals surface area (Å²) >= 11 is 5.66. The van der Waals surface area contributed by atoms with Gasteiger partial charge in [0.15, 0.2) is 0 Å². The number of nitrogens with two attached hydrogens (primary N) is 3. The molecule has 5 nitrogen and oxygen atoms in total. The second kappa shape index (κ2) is 6.40. The summed E-state index contributed by atoms with van der Waals surface area (Å²) < 4.78 is 1.74. The van der Waals surface area contributed by atoms with Gasteiger partial charge in [0.05, 0.1) is 11.4 Å². The fourth-order valence-electron chi connectivity index (χ4n) is 1.88. The van der Waals surface area contributed by atoms with Crippen molar-refractivity contribution in [1.29, 1.82) is 0 Å². The second-order valence-corrected chi connectivity index (χ2v) is 5.21. The van der Waals surface area contributed by atoms with Crippen LogP contribution in [0, 0.1) is 17.8 Å². The molecule has 1 saturated carbocycles. The molecule has 0 aliphatic heterocycles. The maximum Gasteiger partial charge on any atom is 0.102 e. The van der Waals surface area contributed by atoms with Gasteiger partial charge in [0.25, 0.3) is 0 Å². The fraction of sp³-hybridized carbons (Fsp3) is 0.357. The van der Waals surface area contributed by atoms with Crippen LogP contribution in [0.15, 0.2) is 29.4 Å². The van der Waals surface area contributed by atoms with Crippen molar-refractivity contribution < 1.29 is 0 Å². The van der Waals surface area contributed by atoms with E-state index >= 15 is 0 Å². The minimum Gasteiger partial charge on any atom is -0.389 e. The van der Waals surface area contributed by atoms with E-state index in [4.69, 9.17) is 28.8 Å². The van der Waals surface area contributed by atoms with Gasteiger partial charge in [-0.15, -0.1) is 0 Å². The average Bonchev–Trinajstić information content (AvgIpc) is 2.77. The zero-order valence-corrected chi connectivity index (χ0v) is 11.9. The number of aromatic nitrogens is 2. The van der Waals surface area contributed by atoms with E-state index in [1.54, 1.807) is 10.9 Å². The van der Waals surface area contributed by atoms with E-state index in [1.807, 2.05) is 6.20 Å². The first-order valence-corrected chi connectivity index (χ1v) is 6.83. The Balaban J connectivity index is 2.08. The highest BCUT2D eigenvalue weighted by Crippen LogP contribution is 2.25. The van der Waals surface area contributed by atoms with Crippen molar-refractivity contribution >= 4 is 17.2 Å². The lowest BCUT2D eigenvalue weighted by Crippen LogP contribution is -2.11. The molecule has 0 radical (unpaired) electrons. The molecule has 0 bridgehead atoms. The SMILES string of the molecule is NC(N)=C(/C=C(\N)Cl)c1cnn(CC#CC2CCC2)c1. The summed E-state index contributed by atoms with van der Waals surface area (Å²) in [4.78, 5) is 0. The maximum absolute atomic E-state index is 5.66. The molecule has 2 rings (SSSR count). The van der Waals surface area contributed by atoms with Gasteiger partial charge >= 0.3 is 0 Å². The lowest BCUT2D eigenvalue weighted by atomic mass is 9.86. The van der Waals surface area contributed by atoms with Crippen molar-refractivity contribution in [3.05, 3.63) is 35.0 Å². The molecule has 0 amide bonds. The Labute approximate surface area is 123 Å². The molecule has 0 saturated heterocycles. The number of rotatable bonds is 3. The Morgan fingerprint density at radius 3 is 2.75 bits per heavy atom. The van der Waals surface area contributed by atoms with Crippen LogP contribution in [0.5, 0.6) is 0 Å². The van der Waals surface area contributed by atoms with E-state index < -0.39 is 0 Å². The van der Waals surface area contributed by atoms with E-state index in [2.05, 4.69) is 16.9 Å². The lowest BCUT2D eigenvalue weighted by Gasteiger charge is -2.18. The molecule has 1 heterocycles. The number of halogens is 1. The van der Waals surface area contributed by atoms with E-state index in [0.29, 0.717) is 18.0 Å². The van der Waals surface area contributed by atoms with Crippen LogP contribution in [-0.2, 0) is 6.54 Å². The Morgan fingerprint density at radius 1 is 1.45 bits per heavy atom. The van der Waals surface area contributed by atoms with Crippen LogP contribution in [0.25, 0.3) is 5.57 Å². The molecular formula is C14H18ClN5. The average molecular weight is 292 g/mol. The minimum absolute atomic E-state index is 0.117. The summed E-state index contributed by atoms with van der Waals surface area (Å²) in [5.74, 6) is 7.08. The molecule has 1 aliphatic rings. The summed E-state index contributed by atoms with van der Waals surface area (Å²) in [6.45, 7) is 0.550. The Kier molecular flexibility index (Phi) is 4.59. The summed E-state index contributed by atoms with van der Waals surface area (Å²) in [6, 6.07) is 0. The zero-order chi connectivity index (χ0) is 14.5. The molecule has 1 aliphatic carbocycles. The highest BCUT2D eigenvalue weighted by Gasteiger charge is 2.13. The third kappa shape index (κ3) is 3.72. The summed E-state index contributed by atoms with van der Waals surface area (Å²) in [5.41, 5.74) is 18.0. The van der Waals surface area contributed by atoms with Gasteiger partial charge in [0.1, 0.15) is 12.4 Å². The fourth-order valence-corrected chi connectivity index (χ4v) is 1.99. The normalized spacial score (nSPS) is 15.2. The van der Waals surface area contributed by atoms with Gasteiger partial charge in [-0.1, -0.05) is 29.9 Å². The maximum atomic E-state index is 5.66. The van der Waals surface area contributed by atoms with Crippen LogP contribution in [-0.4, -0.2) is 9.78 Å². The summed E-state index contributed by atoms with van der Waals surface area (Å²) in [6.07, 6.45) is 8.72. The van der Waals surface area contributed by atoms with Gasteiger partial charge in [-0.2, -0.15) is 5.10 Å². The first-order chi connectivity index (χ1) is 9.56. The first-order valence-electron chi connectivity index (χ1n) is 6.45. The zero-order valence-electron chi connectivity index (χ0n) is 11.1. The molecule has 0 aromatic carbocycles. The first kappa shape index (κ1) is 14.4. The van der Waals surface area contributed by atoms with Crippen LogP contribution in [0.3, 0.4) is 0 Å². The van der Waals surface area contributed by atoms with Crippen LogP contribution in [0.1, 0.15) is 24.8 Å². The molecule has 1 aromatic rings. The highest BCUT2D eigenvalue weighted by atomic mass is 35.5. The van der Waals surface area contributed by atoms with Gasteiger partial charge in [-0.25, -0.2) is 0 Å². The summed E-state index contributed by atoms with van der Waals surface area (Å²) in [7, 11) is 0. The van der Waals surface area contributed by atoms with Crippen molar-refractivity contribution in [2.75, 3.05) is 0 Å². The number of hydrogen-bond donors (Lipinski definition) is 3. The van der Waals surface area contributed by atoms with Gasteiger partial charge in [-0.3, -0.25) is 4.68 Å². The predicted molar refractivity (Wildman–Crippen MR) is 80.8 cm³/mol. The van der Waals surface area contributed by atoms with Crippen molar-refractivity contribution in [1.82, 2.24) is 9.78 Å². The standard InChI is InChI=1S/C14H18ClN5/c15-13(16)7-12(14(17)18)11-8-19-20(9-11)6-2-5-10-3-1-4-10/h7-10H,1,3-4,6,16-18H2/b13-7-. The molecule has 20 heavy (non-hydrogen) atoms. The number of nitrogens with zero attached hydrogens (tertiary/aromatic N) is 2. The smallest absolute Gasteiger partial charge is 0.102 e. The van der Waals surface area contributed by atoms with Crippen LogP contribution < -0.4 is 17.2 Å². The molecule has 6 heteroatoms. The quantitative estimate of drug-likeness (QED) is 0.444. The van der Waals surface area contributed by atoms with Crippen LogP contribution in [0.4, 0.5) is 0 Å². The van der Waals surface area contributed by atoms with Crippen molar-refractivity contribution in [3.63, 3.8) is 0 Å². The van der Waals surface area contributed by atoms with Crippen molar-refractivity contribution in [3.8, 4) is 11.8 Å². The second-order valence-electron chi connectivity index (χ2n) is 4.77. The van der Waals surface area contributed by atoms with Crippen molar-refractivity contribution in [2.45, 2.75) is 25.8 Å². The van der Waals surface area contributed by atoms with E-state index in [0.717, 1.165) is 5.56 Å². The molecule has 6 N–H and O–H groups in total. The molecule has 106 valence electrons. The van der Waals surface area contributed by atoms with Gasteiger partial charge in [0, 0.05) is 23.3 Å². The van der Waals surface area contributed by atoms with Crippen molar-refractivity contribution in [2.24, 2.45) is 23.1 Å². The monoisotopic (exact) mass is 291 g/mol. The Bertz CT molecular complexity index is 591. The largest absolute Gasteiger partial charge is 0.389 e. The van der Waals surface area contributed by atoms with Gasteiger partial charge in [-0.05, 0) is 18.9 Å². The lowest BCUT2D eigenvalue weighted by molar-refractivity contribution is 0.401.